The van der Waals surface area contributed by atoms with Gasteiger partial charge in [-0.2, -0.15) is 0 Å². The molecule has 110 valence electrons. The second-order valence-electron chi connectivity index (χ2n) is 6.37. The van der Waals surface area contributed by atoms with Crippen molar-refractivity contribution in [1.29, 1.82) is 0 Å². The topological polar surface area (TPSA) is 83.9 Å². The van der Waals surface area contributed by atoms with Crippen LogP contribution in [0.3, 0.4) is 0 Å². The van der Waals surface area contributed by atoms with Crippen LogP contribution in [0.4, 0.5) is 0 Å². The zero-order valence-electron chi connectivity index (χ0n) is 11.6. The molecular weight excluding hydrogens is 262 g/mol. The Balaban J connectivity index is 1.89. The molecule has 0 aliphatic carbocycles. The molecule has 0 radical (unpaired) electrons. The maximum Gasteiger partial charge on any atom is 0.326 e. The molecule has 3 fully saturated rings. The third kappa shape index (κ3) is 1.78. The maximum absolute atomic E-state index is 12.5. The molecule has 5 atom stereocenters. The van der Waals surface area contributed by atoms with Gasteiger partial charge in [0.05, 0.1) is 24.0 Å². The number of aliphatic carboxylic acids is 1. The Morgan fingerprint density at radius 2 is 1.75 bits per heavy atom. The number of ether oxygens (including phenoxy) is 1. The summed E-state index contributed by atoms with van der Waals surface area (Å²) >= 11 is 0. The normalized spacial score (nSPS) is 36.9. The fourth-order valence-corrected chi connectivity index (χ4v) is 3.81. The molecule has 0 aromatic heterocycles. The minimum Gasteiger partial charge on any atom is -0.480 e. The Morgan fingerprint density at radius 3 is 2.15 bits per heavy atom. The molecule has 2 bridgehead atoms. The van der Waals surface area contributed by atoms with Gasteiger partial charge < -0.3 is 9.84 Å². The standard InChI is InChI=1S/C14H19NO5/c1-6(2)5-7(14(18)19)15-12(16)10-8-3-4-9(20-8)11(10)13(15)17/h6-11H,3-5H2,1-2H3,(H,18,19)/t7-,8-,9+,10?,11?/m0/s1. The van der Waals surface area contributed by atoms with Crippen molar-refractivity contribution in [3.63, 3.8) is 0 Å². The van der Waals surface area contributed by atoms with Gasteiger partial charge in [0.15, 0.2) is 0 Å². The van der Waals surface area contributed by atoms with Crippen molar-refractivity contribution in [2.75, 3.05) is 0 Å². The highest BCUT2D eigenvalue weighted by Crippen LogP contribution is 2.49. The lowest BCUT2D eigenvalue weighted by Gasteiger charge is -2.25. The lowest BCUT2D eigenvalue weighted by Crippen LogP contribution is -2.47. The third-order valence-electron chi connectivity index (χ3n) is 4.61. The van der Waals surface area contributed by atoms with Crippen LogP contribution in [0.25, 0.3) is 0 Å². The van der Waals surface area contributed by atoms with E-state index in [0.29, 0.717) is 6.42 Å². The third-order valence-corrected chi connectivity index (χ3v) is 4.61. The summed E-state index contributed by atoms with van der Waals surface area (Å²) in [6.45, 7) is 3.77. The summed E-state index contributed by atoms with van der Waals surface area (Å²) in [5.41, 5.74) is 0. The van der Waals surface area contributed by atoms with Crippen LogP contribution in [0.5, 0.6) is 0 Å². The first kappa shape index (κ1) is 13.5. The number of imide groups is 1. The van der Waals surface area contributed by atoms with E-state index in [1.807, 2.05) is 13.8 Å². The molecule has 2 unspecified atom stereocenters. The zero-order chi connectivity index (χ0) is 14.6. The monoisotopic (exact) mass is 281 g/mol. The molecule has 0 spiro atoms. The molecule has 1 N–H and O–H groups in total. The van der Waals surface area contributed by atoms with Gasteiger partial charge in [-0.25, -0.2) is 4.79 Å². The molecule has 20 heavy (non-hydrogen) atoms. The molecule has 6 heteroatoms. The number of rotatable bonds is 4. The van der Waals surface area contributed by atoms with E-state index in [-0.39, 0.29) is 29.9 Å². The van der Waals surface area contributed by atoms with Crippen molar-refractivity contribution < 1.29 is 24.2 Å². The number of hydrogen-bond acceptors (Lipinski definition) is 4. The van der Waals surface area contributed by atoms with E-state index in [1.54, 1.807) is 0 Å². The summed E-state index contributed by atoms with van der Waals surface area (Å²) < 4.78 is 5.63. The fraction of sp³-hybridized carbons (Fsp3) is 0.786. The van der Waals surface area contributed by atoms with Crippen LogP contribution in [-0.2, 0) is 19.1 Å². The van der Waals surface area contributed by atoms with E-state index >= 15 is 0 Å². The SMILES string of the molecule is CC(C)C[C@@H](C(=O)O)N1C(=O)C2C(C1=O)[C@H]1CC[C@@H]2O1. The van der Waals surface area contributed by atoms with Gasteiger partial charge in [0.1, 0.15) is 6.04 Å². The number of hydrogen-bond donors (Lipinski definition) is 1. The van der Waals surface area contributed by atoms with E-state index in [9.17, 15) is 19.5 Å². The Morgan fingerprint density at radius 1 is 1.25 bits per heavy atom. The van der Waals surface area contributed by atoms with Crippen molar-refractivity contribution in [3.05, 3.63) is 0 Å². The average molecular weight is 281 g/mol. The molecule has 0 aromatic rings. The summed E-state index contributed by atoms with van der Waals surface area (Å²) in [4.78, 5) is 37.4. The molecule has 3 aliphatic heterocycles. The predicted molar refractivity (Wildman–Crippen MR) is 67.6 cm³/mol. The van der Waals surface area contributed by atoms with Crippen LogP contribution >= 0.6 is 0 Å². The Bertz CT molecular complexity index is 446. The number of amides is 2. The lowest BCUT2D eigenvalue weighted by molar-refractivity contribution is -0.157. The van der Waals surface area contributed by atoms with Gasteiger partial charge >= 0.3 is 5.97 Å². The molecule has 0 aromatic carbocycles. The first-order valence-electron chi connectivity index (χ1n) is 7.17. The Labute approximate surface area is 117 Å². The summed E-state index contributed by atoms with van der Waals surface area (Å²) in [5.74, 6) is -2.59. The van der Waals surface area contributed by atoms with E-state index < -0.39 is 23.8 Å². The van der Waals surface area contributed by atoms with Gasteiger partial charge in [0.2, 0.25) is 11.8 Å². The average Bonchev–Trinajstić information content (AvgIpc) is 3.01. The van der Waals surface area contributed by atoms with Crippen LogP contribution in [0.2, 0.25) is 0 Å². The summed E-state index contributed by atoms with van der Waals surface area (Å²) in [6.07, 6.45) is 1.49. The first-order chi connectivity index (χ1) is 9.41. The number of fused-ring (bicyclic) bond motifs is 5. The summed E-state index contributed by atoms with van der Waals surface area (Å²) in [7, 11) is 0. The number of carboxylic acid groups (broad SMARTS) is 1. The maximum atomic E-state index is 12.5. The van der Waals surface area contributed by atoms with Gasteiger partial charge in [0.25, 0.3) is 0 Å². The predicted octanol–water partition coefficient (Wildman–Crippen LogP) is 0.648. The first-order valence-corrected chi connectivity index (χ1v) is 7.17. The highest BCUT2D eigenvalue weighted by Gasteiger charge is 2.63. The molecular formula is C14H19NO5. The second kappa shape index (κ2) is 4.55. The molecule has 3 saturated heterocycles. The minimum atomic E-state index is -1.10. The Hall–Kier alpha value is -1.43. The van der Waals surface area contributed by atoms with Crippen LogP contribution in [0.1, 0.15) is 33.1 Å². The highest BCUT2D eigenvalue weighted by molar-refractivity contribution is 6.08. The fourth-order valence-electron chi connectivity index (χ4n) is 3.81. The van der Waals surface area contributed by atoms with E-state index in [1.165, 1.54) is 0 Å². The number of nitrogens with zero attached hydrogens (tertiary/aromatic N) is 1. The number of likely N-dealkylation sites (tertiary alicyclic amines) is 1. The van der Waals surface area contributed by atoms with Gasteiger partial charge in [-0.05, 0) is 25.2 Å². The van der Waals surface area contributed by atoms with Crippen molar-refractivity contribution in [2.45, 2.75) is 51.4 Å². The van der Waals surface area contributed by atoms with Crippen LogP contribution in [-0.4, -0.2) is 46.0 Å². The molecule has 3 aliphatic rings. The molecule has 2 amide bonds. The lowest BCUT2D eigenvalue weighted by atomic mass is 9.81. The molecule has 0 saturated carbocycles. The quantitative estimate of drug-likeness (QED) is 0.765. The van der Waals surface area contributed by atoms with Gasteiger partial charge in [0, 0.05) is 0 Å². The number of carboxylic acids is 1. The van der Waals surface area contributed by atoms with Gasteiger partial charge in [-0.1, -0.05) is 13.8 Å². The Kier molecular flexibility index (Phi) is 3.08. The largest absolute Gasteiger partial charge is 0.480 e. The molecule has 3 rings (SSSR count). The molecule has 3 heterocycles. The van der Waals surface area contributed by atoms with Gasteiger partial charge in [-0.15, -0.1) is 0 Å². The van der Waals surface area contributed by atoms with E-state index in [2.05, 4.69) is 0 Å². The van der Waals surface area contributed by atoms with E-state index in [0.717, 1.165) is 17.7 Å². The van der Waals surface area contributed by atoms with Crippen LogP contribution < -0.4 is 0 Å². The highest BCUT2D eigenvalue weighted by atomic mass is 16.5. The smallest absolute Gasteiger partial charge is 0.326 e. The number of carbonyl (C=O) groups is 3. The van der Waals surface area contributed by atoms with Crippen molar-refractivity contribution in [2.24, 2.45) is 17.8 Å². The summed E-state index contributed by atoms with van der Waals surface area (Å²) in [5, 5.41) is 9.35. The number of carbonyl (C=O) groups excluding carboxylic acids is 2. The van der Waals surface area contributed by atoms with Gasteiger partial charge in [-0.3, -0.25) is 14.5 Å². The summed E-state index contributed by atoms with van der Waals surface area (Å²) in [6, 6.07) is -1.04. The minimum absolute atomic E-state index is 0.102. The van der Waals surface area contributed by atoms with Crippen LogP contribution in [0, 0.1) is 17.8 Å². The van der Waals surface area contributed by atoms with Crippen molar-refractivity contribution in [3.8, 4) is 0 Å². The zero-order valence-corrected chi connectivity index (χ0v) is 11.6. The van der Waals surface area contributed by atoms with Crippen LogP contribution in [0.15, 0.2) is 0 Å². The van der Waals surface area contributed by atoms with Crippen molar-refractivity contribution >= 4 is 17.8 Å². The molecule has 6 nitrogen and oxygen atoms in total. The van der Waals surface area contributed by atoms with Crippen molar-refractivity contribution in [1.82, 2.24) is 4.90 Å². The van der Waals surface area contributed by atoms with E-state index in [4.69, 9.17) is 4.74 Å². The second-order valence-corrected chi connectivity index (χ2v) is 6.37.